The summed E-state index contributed by atoms with van der Waals surface area (Å²) in [5.41, 5.74) is 0.784. The summed E-state index contributed by atoms with van der Waals surface area (Å²) in [7, 11) is 5.67. The van der Waals surface area contributed by atoms with Crippen molar-refractivity contribution in [3.05, 3.63) is 11.9 Å². The smallest absolute Gasteiger partial charge is 0.162 e. The van der Waals surface area contributed by atoms with Crippen molar-refractivity contribution >= 4 is 0 Å². The van der Waals surface area contributed by atoms with Crippen LogP contribution < -0.4 is 4.74 Å². The molecule has 0 amide bonds. The second kappa shape index (κ2) is 9.02. The summed E-state index contributed by atoms with van der Waals surface area (Å²) in [6.45, 7) is 8.76. The van der Waals surface area contributed by atoms with Crippen LogP contribution in [-0.4, -0.2) is 72.1 Å². The highest BCUT2D eigenvalue weighted by molar-refractivity contribution is 5.27. The Hall–Kier alpha value is -1.11. The third-order valence-electron chi connectivity index (χ3n) is 3.75. The van der Waals surface area contributed by atoms with E-state index in [9.17, 15) is 5.11 Å². The van der Waals surface area contributed by atoms with Gasteiger partial charge in [0.1, 0.15) is 11.8 Å². The molecule has 0 aliphatic heterocycles. The summed E-state index contributed by atoms with van der Waals surface area (Å²) in [6, 6.07) is 0. The highest BCUT2D eigenvalue weighted by Gasteiger charge is 2.20. The molecule has 1 heterocycles. The first-order valence-corrected chi connectivity index (χ1v) is 7.68. The molecule has 1 rings (SSSR count). The summed E-state index contributed by atoms with van der Waals surface area (Å²) in [4.78, 5) is 4.40. The molecule has 6 heteroatoms. The van der Waals surface area contributed by atoms with Crippen molar-refractivity contribution in [2.45, 2.75) is 32.9 Å². The van der Waals surface area contributed by atoms with Crippen LogP contribution in [0.3, 0.4) is 0 Å². The van der Waals surface area contributed by atoms with Crippen molar-refractivity contribution in [2.24, 2.45) is 0 Å². The van der Waals surface area contributed by atoms with E-state index in [0.717, 1.165) is 38.4 Å². The monoisotopic (exact) mass is 298 g/mol. The summed E-state index contributed by atoms with van der Waals surface area (Å²) < 4.78 is 7.20. The van der Waals surface area contributed by atoms with E-state index in [1.807, 2.05) is 18.8 Å². The Bertz CT molecular complexity index is 402. The maximum atomic E-state index is 10.5. The fourth-order valence-electron chi connectivity index (χ4n) is 2.33. The van der Waals surface area contributed by atoms with Crippen LogP contribution in [0.2, 0.25) is 0 Å². The first-order valence-electron chi connectivity index (χ1n) is 7.68. The molecule has 122 valence electrons. The van der Waals surface area contributed by atoms with Crippen molar-refractivity contribution in [2.75, 3.05) is 47.4 Å². The number of likely N-dealkylation sites (N-methyl/N-ethyl adjacent to an activating group) is 1. The second-order valence-corrected chi connectivity index (χ2v) is 5.46. The van der Waals surface area contributed by atoms with Crippen LogP contribution in [0.15, 0.2) is 6.20 Å². The number of hydrogen-bond acceptors (Lipinski definition) is 5. The predicted molar refractivity (Wildman–Crippen MR) is 84.7 cm³/mol. The Morgan fingerprint density at radius 1 is 1.29 bits per heavy atom. The van der Waals surface area contributed by atoms with Crippen LogP contribution >= 0.6 is 0 Å². The largest absolute Gasteiger partial charge is 0.493 e. The molecule has 1 unspecified atom stereocenters. The van der Waals surface area contributed by atoms with Crippen LogP contribution in [-0.2, 0) is 6.54 Å². The number of aromatic nitrogens is 2. The van der Waals surface area contributed by atoms with Gasteiger partial charge in [0.25, 0.3) is 0 Å². The minimum atomic E-state index is -0.551. The predicted octanol–water partition coefficient (Wildman–Crippen LogP) is 1.22. The van der Waals surface area contributed by atoms with E-state index >= 15 is 0 Å². The molecule has 0 bridgehead atoms. The molecule has 0 aliphatic rings. The number of methoxy groups -OCH3 is 1. The molecular weight excluding hydrogens is 268 g/mol. The molecule has 0 saturated heterocycles. The Labute approximate surface area is 128 Å². The molecule has 0 spiro atoms. The molecule has 0 aromatic carbocycles. The molecule has 1 aromatic rings. The molecular formula is C15H30N4O2. The van der Waals surface area contributed by atoms with E-state index in [4.69, 9.17) is 4.74 Å². The molecule has 0 saturated carbocycles. The summed E-state index contributed by atoms with van der Waals surface area (Å²) in [5, 5.41) is 14.9. The van der Waals surface area contributed by atoms with E-state index in [1.54, 1.807) is 13.3 Å². The van der Waals surface area contributed by atoms with Crippen molar-refractivity contribution in [1.29, 1.82) is 0 Å². The zero-order valence-corrected chi connectivity index (χ0v) is 14.0. The van der Waals surface area contributed by atoms with Gasteiger partial charge in [-0.05, 0) is 33.6 Å². The Morgan fingerprint density at radius 3 is 2.48 bits per heavy atom. The lowest BCUT2D eigenvalue weighted by Gasteiger charge is -2.21. The fourth-order valence-corrected chi connectivity index (χ4v) is 2.33. The third-order valence-corrected chi connectivity index (χ3v) is 3.75. The zero-order valence-electron chi connectivity index (χ0n) is 14.0. The molecule has 0 fully saturated rings. The summed E-state index contributed by atoms with van der Waals surface area (Å²) in [5.74, 6) is 0.667. The topological polar surface area (TPSA) is 53.8 Å². The number of aliphatic hydroxyl groups excluding tert-OH is 1. The lowest BCUT2D eigenvalue weighted by Crippen LogP contribution is -2.26. The maximum Gasteiger partial charge on any atom is 0.162 e. The van der Waals surface area contributed by atoms with Crippen molar-refractivity contribution in [3.63, 3.8) is 0 Å². The maximum absolute atomic E-state index is 10.5. The average molecular weight is 298 g/mol. The first-order chi connectivity index (χ1) is 10.0. The van der Waals surface area contributed by atoms with E-state index in [1.165, 1.54) is 0 Å². The van der Waals surface area contributed by atoms with Crippen molar-refractivity contribution in [3.8, 4) is 5.75 Å². The first kappa shape index (κ1) is 17.9. The van der Waals surface area contributed by atoms with Crippen LogP contribution in [0.25, 0.3) is 0 Å². The quantitative estimate of drug-likeness (QED) is 0.704. The SMILES string of the molecule is CCN(CC)CCC(O)c1c(OC)cnn1CCN(C)C. The number of nitrogens with zero attached hydrogens (tertiary/aromatic N) is 4. The molecule has 1 aromatic heterocycles. The molecule has 1 atom stereocenters. The lowest BCUT2D eigenvalue weighted by atomic mass is 10.1. The van der Waals surface area contributed by atoms with Gasteiger partial charge in [0.15, 0.2) is 5.75 Å². The normalized spacial score (nSPS) is 13.1. The van der Waals surface area contributed by atoms with Gasteiger partial charge in [-0.3, -0.25) is 4.68 Å². The molecule has 21 heavy (non-hydrogen) atoms. The van der Waals surface area contributed by atoms with E-state index in [2.05, 4.69) is 28.7 Å². The van der Waals surface area contributed by atoms with Crippen LogP contribution in [0.4, 0.5) is 0 Å². The van der Waals surface area contributed by atoms with E-state index < -0.39 is 6.10 Å². The Kier molecular flexibility index (Phi) is 7.71. The molecule has 0 radical (unpaired) electrons. The van der Waals surface area contributed by atoms with Gasteiger partial charge in [-0.2, -0.15) is 5.10 Å². The number of ether oxygens (including phenoxy) is 1. The van der Waals surface area contributed by atoms with Gasteiger partial charge >= 0.3 is 0 Å². The number of hydrogen-bond donors (Lipinski definition) is 1. The zero-order chi connectivity index (χ0) is 15.8. The fraction of sp³-hybridized carbons (Fsp3) is 0.800. The highest BCUT2D eigenvalue weighted by atomic mass is 16.5. The second-order valence-electron chi connectivity index (χ2n) is 5.46. The van der Waals surface area contributed by atoms with Gasteiger partial charge in [0.05, 0.1) is 19.9 Å². The standard InChI is InChI=1S/C15H30N4O2/c1-6-18(7-2)9-8-13(20)15-14(21-5)12-16-19(15)11-10-17(3)4/h12-13,20H,6-11H2,1-5H3. The van der Waals surface area contributed by atoms with Gasteiger partial charge in [-0.15, -0.1) is 0 Å². The van der Waals surface area contributed by atoms with Gasteiger partial charge in [0, 0.05) is 13.1 Å². The third kappa shape index (κ3) is 5.30. The average Bonchev–Trinajstić information content (AvgIpc) is 2.88. The highest BCUT2D eigenvalue weighted by Crippen LogP contribution is 2.27. The van der Waals surface area contributed by atoms with E-state index in [0.29, 0.717) is 12.2 Å². The Morgan fingerprint density at radius 2 is 1.95 bits per heavy atom. The summed E-state index contributed by atoms with van der Waals surface area (Å²) >= 11 is 0. The molecule has 0 aliphatic carbocycles. The van der Waals surface area contributed by atoms with Crippen LogP contribution in [0.5, 0.6) is 5.75 Å². The van der Waals surface area contributed by atoms with Crippen molar-refractivity contribution in [1.82, 2.24) is 19.6 Å². The van der Waals surface area contributed by atoms with Crippen molar-refractivity contribution < 1.29 is 9.84 Å². The van der Waals surface area contributed by atoms with Crippen LogP contribution in [0, 0.1) is 0 Å². The lowest BCUT2D eigenvalue weighted by molar-refractivity contribution is 0.132. The minimum Gasteiger partial charge on any atom is -0.493 e. The van der Waals surface area contributed by atoms with Gasteiger partial charge in [-0.1, -0.05) is 13.8 Å². The van der Waals surface area contributed by atoms with E-state index in [-0.39, 0.29) is 0 Å². The van der Waals surface area contributed by atoms with Gasteiger partial charge in [-0.25, -0.2) is 0 Å². The minimum absolute atomic E-state index is 0.551. The molecule has 1 N–H and O–H groups in total. The van der Waals surface area contributed by atoms with Gasteiger partial charge < -0.3 is 19.6 Å². The number of aliphatic hydroxyl groups is 1. The van der Waals surface area contributed by atoms with Crippen LogP contribution in [0.1, 0.15) is 32.1 Å². The molecule has 6 nitrogen and oxygen atoms in total. The van der Waals surface area contributed by atoms with Gasteiger partial charge in [0.2, 0.25) is 0 Å². The summed E-state index contributed by atoms with van der Waals surface area (Å²) in [6.07, 6.45) is 1.82. The Balaban J connectivity index is 2.75. The number of rotatable bonds is 10.